The molecule has 2 heterocycles. The molecule has 5 heteroatoms. The molecule has 0 aliphatic rings. The van der Waals surface area contributed by atoms with Gasteiger partial charge in [-0.1, -0.05) is 32.4 Å². The minimum absolute atomic E-state index is 0.0574. The highest BCUT2D eigenvalue weighted by Crippen LogP contribution is 2.26. The van der Waals surface area contributed by atoms with Crippen LogP contribution >= 0.6 is 0 Å². The molecule has 0 spiro atoms. The van der Waals surface area contributed by atoms with Gasteiger partial charge in [0.25, 0.3) is 0 Å². The standard InChI is InChI=1S/C16H19N5/c1-10-5-6-12-11(7-10)15(19-9-18-12)21-14(17)8-13(20-21)16(2,3)4/h5-9H,17H2,1-4H3. The first-order valence-corrected chi connectivity index (χ1v) is 6.94. The molecule has 3 rings (SSSR count). The topological polar surface area (TPSA) is 69.6 Å². The largest absolute Gasteiger partial charge is 0.384 e. The molecule has 3 aromatic rings. The summed E-state index contributed by atoms with van der Waals surface area (Å²) in [6.45, 7) is 8.38. The smallest absolute Gasteiger partial charge is 0.166 e. The SMILES string of the molecule is Cc1ccc2ncnc(-n3nc(C(C)(C)C)cc3N)c2c1. The summed E-state index contributed by atoms with van der Waals surface area (Å²) in [5.74, 6) is 1.30. The van der Waals surface area contributed by atoms with E-state index in [1.807, 2.05) is 25.1 Å². The van der Waals surface area contributed by atoms with Gasteiger partial charge in [0.1, 0.15) is 12.1 Å². The first kappa shape index (κ1) is 13.5. The van der Waals surface area contributed by atoms with Crippen molar-refractivity contribution in [3.05, 3.63) is 41.9 Å². The van der Waals surface area contributed by atoms with Gasteiger partial charge in [-0.05, 0) is 19.1 Å². The Bertz CT molecular complexity index is 811. The Balaban J connectivity index is 2.26. The first-order chi connectivity index (χ1) is 9.86. The van der Waals surface area contributed by atoms with Gasteiger partial charge in [-0.2, -0.15) is 9.78 Å². The molecule has 0 aliphatic heterocycles. The second-order valence-electron chi connectivity index (χ2n) is 6.33. The van der Waals surface area contributed by atoms with Crippen molar-refractivity contribution in [2.24, 2.45) is 0 Å². The molecule has 0 saturated heterocycles. The summed E-state index contributed by atoms with van der Waals surface area (Å²) < 4.78 is 1.70. The van der Waals surface area contributed by atoms with Crippen LogP contribution in [0.5, 0.6) is 0 Å². The fourth-order valence-electron chi connectivity index (χ4n) is 2.26. The van der Waals surface area contributed by atoms with Crippen LogP contribution in [-0.4, -0.2) is 19.7 Å². The highest BCUT2D eigenvalue weighted by Gasteiger charge is 2.20. The predicted octanol–water partition coefficient (Wildman–Crippen LogP) is 3.00. The van der Waals surface area contributed by atoms with Gasteiger partial charge in [-0.3, -0.25) is 0 Å². The normalized spacial score (nSPS) is 12.0. The number of benzene rings is 1. The van der Waals surface area contributed by atoms with Gasteiger partial charge in [-0.25, -0.2) is 9.97 Å². The quantitative estimate of drug-likeness (QED) is 0.744. The van der Waals surface area contributed by atoms with Gasteiger partial charge in [0, 0.05) is 16.9 Å². The lowest BCUT2D eigenvalue weighted by molar-refractivity contribution is 0.560. The molecule has 0 radical (unpaired) electrons. The fourth-order valence-corrected chi connectivity index (χ4v) is 2.26. The lowest BCUT2D eigenvalue weighted by atomic mass is 9.92. The zero-order valence-electron chi connectivity index (χ0n) is 12.8. The number of fused-ring (bicyclic) bond motifs is 1. The number of aryl methyl sites for hydroxylation is 1. The van der Waals surface area contributed by atoms with Gasteiger partial charge in [-0.15, -0.1) is 0 Å². The van der Waals surface area contributed by atoms with E-state index in [-0.39, 0.29) is 5.41 Å². The Labute approximate surface area is 123 Å². The summed E-state index contributed by atoms with van der Waals surface area (Å²) in [5.41, 5.74) is 9.07. The van der Waals surface area contributed by atoms with Crippen molar-refractivity contribution in [2.45, 2.75) is 33.1 Å². The molecule has 5 nitrogen and oxygen atoms in total. The Morgan fingerprint density at radius 1 is 1.10 bits per heavy atom. The number of nitrogens with zero attached hydrogens (tertiary/aromatic N) is 4. The van der Waals surface area contributed by atoms with Gasteiger partial charge < -0.3 is 5.73 Å². The lowest BCUT2D eigenvalue weighted by Gasteiger charge is -2.14. The summed E-state index contributed by atoms with van der Waals surface area (Å²) in [4.78, 5) is 8.68. The third kappa shape index (κ3) is 2.35. The van der Waals surface area contributed by atoms with E-state index in [0.29, 0.717) is 5.82 Å². The summed E-state index contributed by atoms with van der Waals surface area (Å²) in [7, 11) is 0. The third-order valence-electron chi connectivity index (χ3n) is 3.48. The van der Waals surface area contributed by atoms with E-state index in [9.17, 15) is 0 Å². The zero-order valence-corrected chi connectivity index (χ0v) is 12.8. The number of hydrogen-bond acceptors (Lipinski definition) is 4. The van der Waals surface area contributed by atoms with Crippen LogP contribution in [0.2, 0.25) is 0 Å². The number of nitrogens with two attached hydrogens (primary N) is 1. The molecule has 0 amide bonds. The van der Waals surface area contributed by atoms with E-state index in [1.165, 1.54) is 0 Å². The van der Waals surface area contributed by atoms with Crippen LogP contribution in [0.15, 0.2) is 30.6 Å². The molecular formula is C16H19N5. The number of rotatable bonds is 1. The van der Waals surface area contributed by atoms with Crippen LogP contribution in [-0.2, 0) is 5.41 Å². The average Bonchev–Trinajstić information content (AvgIpc) is 2.80. The number of hydrogen-bond donors (Lipinski definition) is 1. The van der Waals surface area contributed by atoms with E-state index in [1.54, 1.807) is 11.0 Å². The van der Waals surface area contributed by atoms with Crippen molar-refractivity contribution in [2.75, 3.05) is 5.73 Å². The highest BCUT2D eigenvalue weighted by atomic mass is 15.3. The van der Waals surface area contributed by atoms with Crippen molar-refractivity contribution in [1.29, 1.82) is 0 Å². The van der Waals surface area contributed by atoms with Crippen LogP contribution in [0.3, 0.4) is 0 Å². The third-order valence-corrected chi connectivity index (χ3v) is 3.48. The molecule has 21 heavy (non-hydrogen) atoms. The molecule has 0 bridgehead atoms. The van der Waals surface area contributed by atoms with Crippen LogP contribution in [0, 0.1) is 6.92 Å². The van der Waals surface area contributed by atoms with E-state index in [2.05, 4.69) is 41.9 Å². The molecule has 0 atom stereocenters. The average molecular weight is 281 g/mol. The fraction of sp³-hybridized carbons (Fsp3) is 0.312. The minimum Gasteiger partial charge on any atom is -0.384 e. The first-order valence-electron chi connectivity index (χ1n) is 6.94. The molecule has 2 aromatic heterocycles. The van der Waals surface area contributed by atoms with Gasteiger partial charge >= 0.3 is 0 Å². The summed E-state index contributed by atoms with van der Waals surface area (Å²) >= 11 is 0. The molecule has 1 aromatic carbocycles. The molecule has 108 valence electrons. The number of nitrogen functional groups attached to an aromatic ring is 1. The van der Waals surface area contributed by atoms with Gasteiger partial charge in [0.15, 0.2) is 5.82 Å². The van der Waals surface area contributed by atoms with Crippen LogP contribution in [0.4, 0.5) is 5.82 Å². The maximum absolute atomic E-state index is 6.14. The van der Waals surface area contributed by atoms with Crippen molar-refractivity contribution in [1.82, 2.24) is 19.7 Å². The van der Waals surface area contributed by atoms with Crippen LogP contribution < -0.4 is 5.73 Å². The van der Waals surface area contributed by atoms with E-state index >= 15 is 0 Å². The van der Waals surface area contributed by atoms with Gasteiger partial charge in [0.2, 0.25) is 0 Å². The number of anilines is 1. The summed E-state index contributed by atoms with van der Waals surface area (Å²) in [5, 5.41) is 5.58. The second-order valence-corrected chi connectivity index (χ2v) is 6.33. The van der Waals surface area contributed by atoms with Gasteiger partial charge in [0.05, 0.1) is 11.2 Å². The maximum atomic E-state index is 6.14. The monoisotopic (exact) mass is 281 g/mol. The molecule has 2 N–H and O–H groups in total. The predicted molar refractivity (Wildman–Crippen MR) is 84.5 cm³/mol. The lowest BCUT2D eigenvalue weighted by Crippen LogP contribution is -2.13. The van der Waals surface area contributed by atoms with Crippen molar-refractivity contribution < 1.29 is 0 Å². The van der Waals surface area contributed by atoms with Crippen LogP contribution in [0.1, 0.15) is 32.0 Å². The van der Waals surface area contributed by atoms with E-state index < -0.39 is 0 Å². The van der Waals surface area contributed by atoms with Crippen molar-refractivity contribution in [3.8, 4) is 5.82 Å². The molecule has 0 fully saturated rings. The Morgan fingerprint density at radius 3 is 2.52 bits per heavy atom. The Hall–Kier alpha value is -2.43. The summed E-state index contributed by atoms with van der Waals surface area (Å²) in [6.07, 6.45) is 1.55. The molecule has 0 unspecified atom stereocenters. The number of aromatic nitrogens is 4. The highest BCUT2D eigenvalue weighted by molar-refractivity contribution is 5.86. The van der Waals surface area contributed by atoms with E-state index in [4.69, 9.17) is 5.73 Å². The Kier molecular flexibility index (Phi) is 2.93. The summed E-state index contributed by atoms with van der Waals surface area (Å²) in [6, 6.07) is 7.98. The molecular weight excluding hydrogens is 262 g/mol. The second kappa shape index (κ2) is 4.55. The molecule has 0 saturated carbocycles. The molecule has 0 aliphatic carbocycles. The zero-order chi connectivity index (χ0) is 15.2. The maximum Gasteiger partial charge on any atom is 0.166 e. The Morgan fingerprint density at radius 2 is 1.86 bits per heavy atom. The van der Waals surface area contributed by atoms with Crippen molar-refractivity contribution in [3.63, 3.8) is 0 Å². The van der Waals surface area contributed by atoms with Crippen LogP contribution in [0.25, 0.3) is 16.7 Å². The van der Waals surface area contributed by atoms with E-state index in [0.717, 1.165) is 28.0 Å². The van der Waals surface area contributed by atoms with Crippen molar-refractivity contribution >= 4 is 16.7 Å². The minimum atomic E-state index is -0.0574.